The van der Waals surface area contributed by atoms with Crippen LogP contribution in [0.2, 0.25) is 0 Å². The molecule has 0 aliphatic carbocycles. The molecule has 1 aromatic carbocycles. The first-order valence-electron chi connectivity index (χ1n) is 5.38. The van der Waals surface area contributed by atoms with Gasteiger partial charge >= 0.3 is 0 Å². The summed E-state index contributed by atoms with van der Waals surface area (Å²) in [5.74, 6) is 0.429. The Morgan fingerprint density at radius 1 is 1.13 bits per heavy atom. The molecule has 2 atom stereocenters. The van der Waals surface area contributed by atoms with Gasteiger partial charge in [-0.05, 0) is 12.5 Å². The summed E-state index contributed by atoms with van der Waals surface area (Å²) in [5, 5.41) is 0. The van der Waals surface area contributed by atoms with E-state index in [4.69, 9.17) is 9.47 Å². The monoisotopic (exact) mass is 208 g/mol. The van der Waals surface area contributed by atoms with Crippen LogP contribution in [0.15, 0.2) is 30.3 Å². The summed E-state index contributed by atoms with van der Waals surface area (Å²) >= 11 is 0. The fourth-order valence-corrected chi connectivity index (χ4v) is 1.36. The molecule has 0 aliphatic heterocycles. The molecule has 0 bridgehead atoms. The van der Waals surface area contributed by atoms with E-state index in [1.165, 1.54) is 5.56 Å². The second-order valence-corrected chi connectivity index (χ2v) is 3.93. The fourth-order valence-electron chi connectivity index (χ4n) is 1.36. The van der Waals surface area contributed by atoms with Gasteiger partial charge in [0.1, 0.15) is 0 Å². The Hall–Kier alpha value is -0.860. The maximum absolute atomic E-state index is 5.76. The summed E-state index contributed by atoms with van der Waals surface area (Å²) in [4.78, 5) is 0. The van der Waals surface area contributed by atoms with E-state index < -0.39 is 0 Å². The van der Waals surface area contributed by atoms with Gasteiger partial charge in [-0.3, -0.25) is 0 Å². The summed E-state index contributed by atoms with van der Waals surface area (Å²) < 4.78 is 10.9. The maximum atomic E-state index is 5.76. The second kappa shape index (κ2) is 6.59. The zero-order valence-electron chi connectivity index (χ0n) is 9.77. The molecule has 2 nitrogen and oxygen atoms in total. The Bertz CT molecular complexity index is 258. The molecule has 0 N–H and O–H groups in total. The Morgan fingerprint density at radius 3 is 2.40 bits per heavy atom. The topological polar surface area (TPSA) is 18.5 Å². The van der Waals surface area contributed by atoms with Crippen LogP contribution in [-0.4, -0.2) is 19.8 Å². The van der Waals surface area contributed by atoms with Gasteiger partial charge in [-0.25, -0.2) is 0 Å². The van der Waals surface area contributed by atoms with E-state index in [0.717, 1.165) is 6.61 Å². The molecule has 1 aromatic rings. The summed E-state index contributed by atoms with van der Waals surface area (Å²) in [6.45, 7) is 5.65. The van der Waals surface area contributed by atoms with Crippen LogP contribution in [0, 0.1) is 5.92 Å². The molecule has 2 heteroatoms. The Kier molecular flexibility index (Phi) is 5.37. The van der Waals surface area contributed by atoms with Gasteiger partial charge in [-0.2, -0.15) is 0 Å². The maximum Gasteiger partial charge on any atom is 0.0720 e. The van der Waals surface area contributed by atoms with E-state index in [1.807, 2.05) is 18.2 Å². The third-order valence-corrected chi connectivity index (χ3v) is 2.59. The van der Waals surface area contributed by atoms with Crippen LogP contribution in [0.5, 0.6) is 0 Å². The first-order valence-corrected chi connectivity index (χ1v) is 5.38. The van der Waals surface area contributed by atoms with Gasteiger partial charge in [0.05, 0.1) is 19.3 Å². The van der Waals surface area contributed by atoms with E-state index >= 15 is 0 Å². The summed E-state index contributed by atoms with van der Waals surface area (Å²) in [6, 6.07) is 10.2. The Labute approximate surface area is 92.2 Å². The molecule has 15 heavy (non-hydrogen) atoms. The van der Waals surface area contributed by atoms with Gasteiger partial charge in [-0.1, -0.05) is 37.3 Å². The van der Waals surface area contributed by atoms with Crippen molar-refractivity contribution in [1.29, 1.82) is 0 Å². The Balaban J connectivity index is 2.31. The van der Waals surface area contributed by atoms with Crippen molar-refractivity contribution in [2.75, 3.05) is 13.7 Å². The molecule has 0 saturated heterocycles. The van der Waals surface area contributed by atoms with Gasteiger partial charge in [0.15, 0.2) is 0 Å². The van der Waals surface area contributed by atoms with Crippen molar-refractivity contribution in [3.8, 4) is 0 Å². The molecule has 0 radical (unpaired) electrons. The van der Waals surface area contributed by atoms with Gasteiger partial charge in [0, 0.05) is 13.0 Å². The summed E-state index contributed by atoms with van der Waals surface area (Å²) in [6.07, 6.45) is 0.227. The van der Waals surface area contributed by atoms with Gasteiger partial charge in [-0.15, -0.1) is 0 Å². The average Bonchev–Trinajstić information content (AvgIpc) is 2.27. The molecular weight excluding hydrogens is 188 g/mol. The minimum atomic E-state index is 0.227. The molecular formula is C13H20O2. The largest absolute Gasteiger partial charge is 0.384 e. The minimum Gasteiger partial charge on any atom is -0.384 e. The van der Waals surface area contributed by atoms with Crippen LogP contribution in [0.25, 0.3) is 0 Å². The number of methoxy groups -OCH3 is 1. The highest BCUT2D eigenvalue weighted by Crippen LogP contribution is 2.10. The molecule has 0 saturated carbocycles. The van der Waals surface area contributed by atoms with Crippen molar-refractivity contribution in [1.82, 2.24) is 0 Å². The van der Waals surface area contributed by atoms with E-state index in [1.54, 1.807) is 7.11 Å². The van der Waals surface area contributed by atoms with Crippen molar-refractivity contribution in [2.45, 2.75) is 26.6 Å². The first-order chi connectivity index (χ1) is 7.24. The average molecular weight is 208 g/mol. The molecule has 0 heterocycles. The van der Waals surface area contributed by atoms with E-state index in [2.05, 4.69) is 26.0 Å². The third kappa shape index (κ3) is 4.45. The number of hydrogen-bond donors (Lipinski definition) is 0. The first kappa shape index (κ1) is 12.2. The molecule has 1 rings (SSSR count). The highest BCUT2D eigenvalue weighted by Gasteiger charge is 2.12. The normalized spacial score (nSPS) is 14.9. The third-order valence-electron chi connectivity index (χ3n) is 2.59. The van der Waals surface area contributed by atoms with Crippen LogP contribution in [0.4, 0.5) is 0 Å². The van der Waals surface area contributed by atoms with Crippen LogP contribution >= 0.6 is 0 Å². The van der Waals surface area contributed by atoms with Crippen molar-refractivity contribution in [3.05, 3.63) is 35.9 Å². The lowest BCUT2D eigenvalue weighted by atomic mass is 10.1. The summed E-state index contributed by atoms with van der Waals surface area (Å²) in [7, 11) is 1.72. The molecule has 0 amide bonds. The lowest BCUT2D eigenvalue weighted by Gasteiger charge is -2.19. The van der Waals surface area contributed by atoms with Crippen molar-refractivity contribution in [3.63, 3.8) is 0 Å². The van der Waals surface area contributed by atoms with Crippen LogP contribution in [0.1, 0.15) is 19.4 Å². The van der Waals surface area contributed by atoms with E-state index in [-0.39, 0.29) is 6.10 Å². The zero-order chi connectivity index (χ0) is 11.1. The van der Waals surface area contributed by atoms with Crippen molar-refractivity contribution in [2.24, 2.45) is 5.92 Å². The molecule has 0 aromatic heterocycles. The van der Waals surface area contributed by atoms with Crippen molar-refractivity contribution < 1.29 is 9.47 Å². The highest BCUT2D eigenvalue weighted by atomic mass is 16.5. The van der Waals surface area contributed by atoms with E-state index in [9.17, 15) is 0 Å². The predicted octanol–water partition coefficient (Wildman–Crippen LogP) is 2.87. The molecule has 1 unspecified atom stereocenters. The van der Waals surface area contributed by atoms with Crippen LogP contribution < -0.4 is 0 Å². The SMILES string of the molecule is COCC(C)[C@@H](C)OCc1ccccc1. The number of ether oxygens (including phenoxy) is 2. The highest BCUT2D eigenvalue weighted by molar-refractivity contribution is 5.13. The number of hydrogen-bond acceptors (Lipinski definition) is 2. The zero-order valence-corrected chi connectivity index (χ0v) is 9.77. The number of rotatable bonds is 6. The van der Waals surface area contributed by atoms with Gasteiger partial charge < -0.3 is 9.47 Å². The van der Waals surface area contributed by atoms with Crippen molar-refractivity contribution >= 4 is 0 Å². The quantitative estimate of drug-likeness (QED) is 0.715. The Morgan fingerprint density at radius 2 is 1.80 bits per heavy atom. The lowest BCUT2D eigenvalue weighted by Crippen LogP contribution is -2.21. The second-order valence-electron chi connectivity index (χ2n) is 3.93. The van der Waals surface area contributed by atoms with E-state index in [0.29, 0.717) is 12.5 Å². The van der Waals surface area contributed by atoms with Crippen LogP contribution in [0.3, 0.4) is 0 Å². The minimum absolute atomic E-state index is 0.227. The number of benzene rings is 1. The molecule has 0 fully saturated rings. The molecule has 84 valence electrons. The predicted molar refractivity (Wildman–Crippen MR) is 61.7 cm³/mol. The van der Waals surface area contributed by atoms with Crippen LogP contribution in [-0.2, 0) is 16.1 Å². The summed E-state index contributed by atoms with van der Waals surface area (Å²) in [5.41, 5.74) is 1.22. The smallest absolute Gasteiger partial charge is 0.0720 e. The standard InChI is InChI=1S/C13H20O2/c1-11(9-14-3)12(2)15-10-13-7-5-4-6-8-13/h4-8,11-12H,9-10H2,1-3H3/t11?,12-/m1/s1. The van der Waals surface area contributed by atoms with Gasteiger partial charge in [0.2, 0.25) is 0 Å². The molecule has 0 aliphatic rings. The van der Waals surface area contributed by atoms with Gasteiger partial charge in [0.25, 0.3) is 0 Å². The molecule has 0 spiro atoms. The fraction of sp³-hybridized carbons (Fsp3) is 0.538. The lowest BCUT2D eigenvalue weighted by molar-refractivity contribution is -0.00615.